The molecule has 3 nitrogen and oxygen atoms in total. The molecule has 1 aromatic rings. The Morgan fingerprint density at radius 3 is 2.62 bits per heavy atom. The standard InChI is InChI=1S/C13H20N2O/c1-3-16-13-6-4-5-12(11-13)15-9-7-14(2)8-10-15/h4-6,11H,3,7-10H2,1-2H3. The first-order valence-electron chi connectivity index (χ1n) is 5.96. The molecule has 1 aromatic carbocycles. The van der Waals surface area contributed by atoms with Gasteiger partial charge in [0, 0.05) is 37.9 Å². The third kappa shape index (κ3) is 2.67. The van der Waals surface area contributed by atoms with Gasteiger partial charge in [0.05, 0.1) is 6.61 Å². The van der Waals surface area contributed by atoms with Crippen molar-refractivity contribution in [1.82, 2.24) is 4.90 Å². The zero-order valence-corrected chi connectivity index (χ0v) is 10.1. The molecule has 0 aliphatic carbocycles. The van der Waals surface area contributed by atoms with Gasteiger partial charge in [0.15, 0.2) is 0 Å². The fourth-order valence-corrected chi connectivity index (χ4v) is 2.00. The van der Waals surface area contributed by atoms with E-state index in [1.165, 1.54) is 5.69 Å². The van der Waals surface area contributed by atoms with E-state index in [-0.39, 0.29) is 0 Å². The van der Waals surface area contributed by atoms with Crippen LogP contribution in [0, 0.1) is 0 Å². The number of ether oxygens (including phenoxy) is 1. The molecular weight excluding hydrogens is 200 g/mol. The Balaban J connectivity index is 2.05. The lowest BCUT2D eigenvalue weighted by Crippen LogP contribution is -2.44. The molecule has 2 rings (SSSR count). The van der Waals surface area contributed by atoms with E-state index in [1.54, 1.807) is 0 Å². The summed E-state index contributed by atoms with van der Waals surface area (Å²) in [5.74, 6) is 0.971. The molecule has 1 saturated heterocycles. The van der Waals surface area contributed by atoms with Crippen molar-refractivity contribution in [3.63, 3.8) is 0 Å². The lowest BCUT2D eigenvalue weighted by Gasteiger charge is -2.34. The number of rotatable bonds is 3. The van der Waals surface area contributed by atoms with E-state index in [2.05, 4.69) is 35.0 Å². The molecule has 0 unspecified atom stereocenters. The molecule has 0 aromatic heterocycles. The molecule has 0 N–H and O–H groups in total. The van der Waals surface area contributed by atoms with Crippen LogP contribution in [0.1, 0.15) is 6.92 Å². The number of hydrogen-bond acceptors (Lipinski definition) is 3. The third-order valence-electron chi connectivity index (χ3n) is 3.00. The van der Waals surface area contributed by atoms with E-state index in [4.69, 9.17) is 4.74 Å². The fraction of sp³-hybridized carbons (Fsp3) is 0.538. The Morgan fingerprint density at radius 1 is 1.19 bits per heavy atom. The van der Waals surface area contributed by atoms with E-state index in [9.17, 15) is 0 Å². The number of likely N-dealkylation sites (N-methyl/N-ethyl adjacent to an activating group) is 1. The maximum Gasteiger partial charge on any atom is 0.121 e. The molecule has 0 radical (unpaired) electrons. The molecule has 0 spiro atoms. The molecule has 0 atom stereocenters. The van der Waals surface area contributed by atoms with Crippen molar-refractivity contribution in [3.8, 4) is 5.75 Å². The second kappa shape index (κ2) is 5.21. The van der Waals surface area contributed by atoms with Crippen LogP contribution < -0.4 is 9.64 Å². The second-order valence-corrected chi connectivity index (χ2v) is 4.22. The normalized spacial score (nSPS) is 17.5. The van der Waals surface area contributed by atoms with E-state index in [1.807, 2.05) is 13.0 Å². The van der Waals surface area contributed by atoms with Crippen LogP contribution >= 0.6 is 0 Å². The van der Waals surface area contributed by atoms with Crippen LogP contribution in [0.25, 0.3) is 0 Å². The van der Waals surface area contributed by atoms with Gasteiger partial charge in [0.25, 0.3) is 0 Å². The highest BCUT2D eigenvalue weighted by molar-refractivity contribution is 5.51. The number of hydrogen-bond donors (Lipinski definition) is 0. The largest absolute Gasteiger partial charge is 0.494 e. The fourth-order valence-electron chi connectivity index (χ4n) is 2.00. The molecule has 1 aliphatic heterocycles. The summed E-state index contributed by atoms with van der Waals surface area (Å²) in [6, 6.07) is 8.38. The molecule has 1 heterocycles. The van der Waals surface area contributed by atoms with Crippen LogP contribution in [0.15, 0.2) is 24.3 Å². The van der Waals surface area contributed by atoms with Crippen molar-refractivity contribution in [2.75, 3.05) is 44.7 Å². The first kappa shape index (κ1) is 11.3. The van der Waals surface area contributed by atoms with E-state index in [0.29, 0.717) is 0 Å². The van der Waals surface area contributed by atoms with E-state index >= 15 is 0 Å². The lowest BCUT2D eigenvalue weighted by atomic mass is 10.2. The summed E-state index contributed by atoms with van der Waals surface area (Å²) in [6.45, 7) is 7.23. The molecule has 88 valence electrons. The predicted molar refractivity (Wildman–Crippen MR) is 67.3 cm³/mol. The molecule has 0 saturated carbocycles. The molecule has 0 amide bonds. The summed E-state index contributed by atoms with van der Waals surface area (Å²) in [5, 5.41) is 0. The summed E-state index contributed by atoms with van der Waals surface area (Å²) < 4.78 is 5.52. The maximum atomic E-state index is 5.52. The topological polar surface area (TPSA) is 15.7 Å². The van der Waals surface area contributed by atoms with Crippen LogP contribution in [-0.4, -0.2) is 44.7 Å². The van der Waals surface area contributed by atoms with Gasteiger partial charge in [0.1, 0.15) is 5.75 Å². The van der Waals surface area contributed by atoms with E-state index in [0.717, 1.165) is 38.5 Å². The van der Waals surface area contributed by atoms with Gasteiger partial charge in [0.2, 0.25) is 0 Å². The minimum atomic E-state index is 0.728. The van der Waals surface area contributed by atoms with Crippen molar-refractivity contribution in [1.29, 1.82) is 0 Å². The quantitative estimate of drug-likeness (QED) is 0.773. The molecule has 1 fully saturated rings. The third-order valence-corrected chi connectivity index (χ3v) is 3.00. The number of anilines is 1. The molecule has 3 heteroatoms. The minimum Gasteiger partial charge on any atom is -0.494 e. The summed E-state index contributed by atoms with van der Waals surface area (Å²) in [4.78, 5) is 4.78. The van der Waals surface area contributed by atoms with Crippen molar-refractivity contribution in [2.24, 2.45) is 0 Å². The van der Waals surface area contributed by atoms with Crippen LogP contribution in [0.2, 0.25) is 0 Å². The van der Waals surface area contributed by atoms with Gasteiger partial charge in [-0.2, -0.15) is 0 Å². The van der Waals surface area contributed by atoms with Gasteiger partial charge in [-0.25, -0.2) is 0 Å². The molecule has 1 aliphatic rings. The monoisotopic (exact) mass is 220 g/mol. The predicted octanol–water partition coefficient (Wildman–Crippen LogP) is 1.84. The number of benzene rings is 1. The summed E-state index contributed by atoms with van der Waals surface area (Å²) in [6.07, 6.45) is 0. The summed E-state index contributed by atoms with van der Waals surface area (Å²) >= 11 is 0. The lowest BCUT2D eigenvalue weighted by molar-refractivity contribution is 0.312. The Kier molecular flexibility index (Phi) is 3.67. The van der Waals surface area contributed by atoms with Crippen LogP contribution in [-0.2, 0) is 0 Å². The van der Waals surface area contributed by atoms with Gasteiger partial charge in [-0.3, -0.25) is 0 Å². The van der Waals surface area contributed by atoms with Crippen LogP contribution in [0.3, 0.4) is 0 Å². The molecular formula is C13H20N2O. The number of nitrogens with zero attached hydrogens (tertiary/aromatic N) is 2. The Morgan fingerprint density at radius 2 is 1.94 bits per heavy atom. The number of piperazine rings is 1. The average molecular weight is 220 g/mol. The Hall–Kier alpha value is -1.22. The summed E-state index contributed by atoms with van der Waals surface area (Å²) in [5.41, 5.74) is 1.28. The van der Waals surface area contributed by atoms with Gasteiger partial charge >= 0.3 is 0 Å². The molecule has 16 heavy (non-hydrogen) atoms. The second-order valence-electron chi connectivity index (χ2n) is 4.22. The van der Waals surface area contributed by atoms with Crippen molar-refractivity contribution in [3.05, 3.63) is 24.3 Å². The SMILES string of the molecule is CCOc1cccc(N2CCN(C)CC2)c1. The van der Waals surface area contributed by atoms with Gasteiger partial charge < -0.3 is 14.5 Å². The Bertz CT molecular complexity index is 332. The van der Waals surface area contributed by atoms with E-state index < -0.39 is 0 Å². The highest BCUT2D eigenvalue weighted by atomic mass is 16.5. The highest BCUT2D eigenvalue weighted by Gasteiger charge is 2.14. The Labute approximate surface area is 97.6 Å². The smallest absolute Gasteiger partial charge is 0.121 e. The van der Waals surface area contributed by atoms with Crippen LogP contribution in [0.4, 0.5) is 5.69 Å². The van der Waals surface area contributed by atoms with Gasteiger partial charge in [-0.05, 0) is 26.1 Å². The van der Waals surface area contributed by atoms with Gasteiger partial charge in [-0.15, -0.1) is 0 Å². The average Bonchev–Trinajstić information content (AvgIpc) is 2.31. The first-order valence-corrected chi connectivity index (χ1v) is 5.96. The summed E-state index contributed by atoms with van der Waals surface area (Å²) in [7, 11) is 2.17. The van der Waals surface area contributed by atoms with Gasteiger partial charge in [-0.1, -0.05) is 6.07 Å². The van der Waals surface area contributed by atoms with Crippen molar-refractivity contribution in [2.45, 2.75) is 6.92 Å². The minimum absolute atomic E-state index is 0.728. The molecule has 0 bridgehead atoms. The van der Waals surface area contributed by atoms with Crippen molar-refractivity contribution >= 4 is 5.69 Å². The van der Waals surface area contributed by atoms with Crippen LogP contribution in [0.5, 0.6) is 5.75 Å². The van der Waals surface area contributed by atoms with Crippen molar-refractivity contribution < 1.29 is 4.74 Å². The zero-order chi connectivity index (χ0) is 11.4. The highest BCUT2D eigenvalue weighted by Crippen LogP contribution is 2.22. The first-order chi connectivity index (χ1) is 7.79. The zero-order valence-electron chi connectivity index (χ0n) is 10.1. The maximum absolute atomic E-state index is 5.52.